The Balaban J connectivity index is 2.34. The van der Waals surface area contributed by atoms with Crippen LogP contribution in [-0.4, -0.2) is 23.7 Å². The zero-order valence-electron chi connectivity index (χ0n) is 11.8. The van der Waals surface area contributed by atoms with Gasteiger partial charge < -0.3 is 9.72 Å². The van der Waals surface area contributed by atoms with Crippen LogP contribution in [0.25, 0.3) is 16.5 Å². The van der Waals surface area contributed by atoms with Crippen molar-refractivity contribution in [2.45, 2.75) is 6.92 Å². The average Bonchev–Trinajstić information content (AvgIpc) is 2.81. The van der Waals surface area contributed by atoms with Crippen LogP contribution in [0.15, 0.2) is 34.3 Å². The first kappa shape index (κ1) is 14.9. The maximum Gasteiger partial charge on any atom is 0.206 e. The maximum atomic E-state index is 12.4. The molecule has 0 saturated heterocycles. The molecule has 1 heterocycles. The maximum absolute atomic E-state index is 12.4. The Morgan fingerprint density at radius 2 is 1.91 bits per heavy atom. The van der Waals surface area contributed by atoms with Crippen molar-refractivity contribution >= 4 is 51.2 Å². The lowest BCUT2D eigenvalue weighted by molar-refractivity contribution is -0.113. The molecule has 0 amide bonds. The third kappa shape index (κ3) is 2.16. The van der Waals surface area contributed by atoms with E-state index in [1.54, 1.807) is 19.2 Å². The van der Waals surface area contributed by atoms with Gasteiger partial charge in [0.2, 0.25) is 5.78 Å². The average molecular weight is 336 g/mol. The van der Waals surface area contributed by atoms with E-state index in [9.17, 15) is 9.59 Å². The Bertz CT molecular complexity index is 890. The van der Waals surface area contributed by atoms with Crippen LogP contribution in [0.5, 0.6) is 5.75 Å². The van der Waals surface area contributed by atoms with Gasteiger partial charge in [0.25, 0.3) is 0 Å². The molecule has 6 heteroatoms. The van der Waals surface area contributed by atoms with Gasteiger partial charge in [0, 0.05) is 28.2 Å². The van der Waals surface area contributed by atoms with Crippen molar-refractivity contribution in [1.29, 1.82) is 0 Å². The predicted molar refractivity (Wildman–Crippen MR) is 86.3 cm³/mol. The summed E-state index contributed by atoms with van der Waals surface area (Å²) in [5, 5.41) is 0.486. The van der Waals surface area contributed by atoms with Gasteiger partial charge in [0.15, 0.2) is 5.78 Å². The Morgan fingerprint density at radius 3 is 2.59 bits per heavy atom. The number of rotatable bonds is 2. The van der Waals surface area contributed by atoms with Crippen LogP contribution in [0.4, 0.5) is 0 Å². The molecule has 2 aromatic rings. The Hall–Kier alpha value is -2.04. The van der Waals surface area contributed by atoms with Crippen LogP contribution in [0, 0.1) is 6.92 Å². The normalized spacial score (nSPS) is 15.5. The first-order valence-corrected chi connectivity index (χ1v) is 7.22. The highest BCUT2D eigenvalue weighted by Crippen LogP contribution is 2.38. The van der Waals surface area contributed by atoms with Crippen LogP contribution < -0.4 is 4.74 Å². The lowest BCUT2D eigenvalue weighted by Crippen LogP contribution is -2.14. The van der Waals surface area contributed by atoms with Crippen molar-refractivity contribution < 1.29 is 14.3 Å². The van der Waals surface area contributed by atoms with Crippen LogP contribution in [-0.2, 0) is 9.59 Å². The van der Waals surface area contributed by atoms with Crippen molar-refractivity contribution in [3.63, 3.8) is 0 Å². The number of H-pyrrole nitrogens is 1. The number of allylic oxidation sites excluding steroid dienone is 4. The van der Waals surface area contributed by atoms with Gasteiger partial charge in [0.05, 0.1) is 22.7 Å². The minimum Gasteiger partial charge on any atom is -0.497 e. The van der Waals surface area contributed by atoms with Gasteiger partial charge in [-0.15, -0.1) is 0 Å². The fourth-order valence-corrected chi connectivity index (χ4v) is 2.99. The number of methoxy groups -OCH3 is 1. The van der Waals surface area contributed by atoms with Crippen LogP contribution in [0.2, 0.25) is 0 Å². The molecule has 22 heavy (non-hydrogen) atoms. The number of nitrogens with one attached hydrogen (secondary N) is 1. The molecule has 0 aliphatic heterocycles. The van der Waals surface area contributed by atoms with Crippen molar-refractivity contribution in [2.24, 2.45) is 0 Å². The Labute approximate surface area is 136 Å². The minimum atomic E-state index is -0.474. The van der Waals surface area contributed by atoms with Gasteiger partial charge in [-0.3, -0.25) is 9.59 Å². The number of fused-ring (bicyclic) bond motifs is 1. The lowest BCUT2D eigenvalue weighted by Gasteiger charge is -2.13. The van der Waals surface area contributed by atoms with Crippen molar-refractivity contribution in [3.8, 4) is 5.75 Å². The van der Waals surface area contributed by atoms with Gasteiger partial charge in [-0.05, 0) is 25.1 Å². The Kier molecular flexibility index (Phi) is 3.59. The molecule has 0 saturated carbocycles. The highest BCUT2D eigenvalue weighted by Gasteiger charge is 2.30. The second kappa shape index (κ2) is 5.30. The molecular formula is C16H11Cl2NO3. The van der Waals surface area contributed by atoms with Gasteiger partial charge in [-0.1, -0.05) is 23.2 Å². The highest BCUT2D eigenvalue weighted by molar-refractivity contribution is 6.62. The molecule has 0 spiro atoms. The van der Waals surface area contributed by atoms with Crippen molar-refractivity contribution in [3.05, 3.63) is 45.6 Å². The SMILES string of the molecule is COc1ccc2[nH]c(C)c(C3=C(Cl)C(=O)C=C(Cl)C3=O)c2c1. The van der Waals surface area contributed by atoms with Gasteiger partial charge in [-0.25, -0.2) is 0 Å². The molecule has 3 rings (SSSR count). The number of ketones is 2. The predicted octanol–water partition coefficient (Wildman–Crippen LogP) is 3.71. The number of ether oxygens (including phenoxy) is 1. The van der Waals surface area contributed by atoms with Gasteiger partial charge >= 0.3 is 0 Å². The fraction of sp³-hybridized carbons (Fsp3) is 0.125. The first-order valence-electron chi connectivity index (χ1n) is 6.46. The smallest absolute Gasteiger partial charge is 0.206 e. The molecule has 1 N–H and O–H groups in total. The van der Waals surface area contributed by atoms with E-state index < -0.39 is 11.6 Å². The number of carbonyl (C=O) groups is 2. The number of halogens is 2. The molecule has 0 fully saturated rings. The number of aromatic nitrogens is 1. The van der Waals surface area contributed by atoms with E-state index in [1.807, 2.05) is 13.0 Å². The summed E-state index contributed by atoms with van der Waals surface area (Å²) in [7, 11) is 1.56. The summed E-state index contributed by atoms with van der Waals surface area (Å²) in [5.41, 5.74) is 2.24. The molecule has 1 aliphatic rings. The second-order valence-electron chi connectivity index (χ2n) is 4.91. The Morgan fingerprint density at radius 1 is 1.18 bits per heavy atom. The molecule has 0 radical (unpaired) electrons. The third-order valence-corrected chi connectivity index (χ3v) is 4.24. The van der Waals surface area contributed by atoms with E-state index in [0.717, 1.165) is 22.7 Å². The molecule has 112 valence electrons. The standard InChI is InChI=1S/C16H11Cl2NO3/c1-7-13(9-5-8(22-2)3-4-11(9)19-7)14-15(18)12(20)6-10(17)16(14)21/h3-6,19H,1-2H3. The summed E-state index contributed by atoms with van der Waals surface area (Å²) >= 11 is 12.0. The largest absolute Gasteiger partial charge is 0.497 e. The monoisotopic (exact) mass is 335 g/mol. The molecular weight excluding hydrogens is 325 g/mol. The summed E-state index contributed by atoms with van der Waals surface area (Å²) in [5.74, 6) is -0.295. The lowest BCUT2D eigenvalue weighted by atomic mass is 9.93. The van der Waals surface area contributed by atoms with Gasteiger partial charge in [-0.2, -0.15) is 0 Å². The third-order valence-electron chi connectivity index (χ3n) is 3.58. The number of benzene rings is 1. The number of Topliss-reactive ketones (excluding diaryl/α,β-unsaturated/α-hetero) is 1. The van der Waals surface area contributed by atoms with Crippen LogP contribution in [0.3, 0.4) is 0 Å². The molecule has 0 unspecified atom stereocenters. The molecule has 1 aromatic heterocycles. The topological polar surface area (TPSA) is 59.2 Å². The van der Waals surface area contributed by atoms with E-state index in [4.69, 9.17) is 27.9 Å². The summed E-state index contributed by atoms with van der Waals surface area (Å²) < 4.78 is 5.22. The zero-order chi connectivity index (χ0) is 16.0. The van der Waals surface area contributed by atoms with E-state index in [2.05, 4.69) is 4.98 Å². The number of hydrogen-bond acceptors (Lipinski definition) is 3. The van der Waals surface area contributed by atoms with Gasteiger partial charge in [0.1, 0.15) is 5.75 Å². The molecule has 1 aromatic carbocycles. The van der Waals surface area contributed by atoms with Crippen LogP contribution >= 0.6 is 23.2 Å². The van der Waals surface area contributed by atoms with E-state index in [1.165, 1.54) is 0 Å². The molecule has 0 atom stereocenters. The zero-order valence-corrected chi connectivity index (χ0v) is 13.3. The number of aryl methyl sites for hydroxylation is 1. The second-order valence-corrected chi connectivity index (χ2v) is 5.70. The van der Waals surface area contributed by atoms with Crippen molar-refractivity contribution in [1.82, 2.24) is 4.98 Å². The summed E-state index contributed by atoms with van der Waals surface area (Å²) in [6.45, 7) is 1.81. The number of aromatic amines is 1. The quantitative estimate of drug-likeness (QED) is 0.851. The van der Waals surface area contributed by atoms with E-state index >= 15 is 0 Å². The minimum absolute atomic E-state index is 0.121. The molecule has 1 aliphatic carbocycles. The number of hydrogen-bond donors (Lipinski definition) is 1. The fourth-order valence-electron chi connectivity index (χ4n) is 2.56. The summed E-state index contributed by atoms with van der Waals surface area (Å²) in [6, 6.07) is 5.43. The van der Waals surface area contributed by atoms with E-state index in [-0.39, 0.29) is 15.6 Å². The van der Waals surface area contributed by atoms with Crippen molar-refractivity contribution in [2.75, 3.05) is 7.11 Å². The number of carbonyl (C=O) groups excluding carboxylic acids is 2. The molecule has 4 nitrogen and oxygen atoms in total. The summed E-state index contributed by atoms with van der Waals surface area (Å²) in [4.78, 5) is 27.5. The molecule has 0 bridgehead atoms. The first-order chi connectivity index (χ1) is 10.4. The summed E-state index contributed by atoms with van der Waals surface area (Å²) in [6.07, 6.45) is 1.04. The highest BCUT2D eigenvalue weighted by atomic mass is 35.5. The van der Waals surface area contributed by atoms with Crippen LogP contribution in [0.1, 0.15) is 11.3 Å². The van der Waals surface area contributed by atoms with E-state index in [0.29, 0.717) is 11.3 Å².